The SMILES string of the molecule is Cc1ccc(/N=C(/C=C/Sc2ccc(F)cc2)c2ccc(Cl)s2)cc1. The van der Waals surface area contributed by atoms with Crippen LogP contribution in [-0.4, -0.2) is 5.71 Å². The molecule has 3 aromatic rings. The summed E-state index contributed by atoms with van der Waals surface area (Å²) in [5, 5.41) is 1.95. The van der Waals surface area contributed by atoms with Gasteiger partial charge in [-0.2, -0.15) is 0 Å². The number of nitrogens with zero attached hydrogens (tertiary/aromatic N) is 1. The van der Waals surface area contributed by atoms with Gasteiger partial charge in [0.25, 0.3) is 0 Å². The minimum absolute atomic E-state index is 0.233. The van der Waals surface area contributed by atoms with Crippen molar-refractivity contribution < 1.29 is 4.39 Å². The van der Waals surface area contributed by atoms with Gasteiger partial charge in [0, 0.05) is 4.90 Å². The van der Waals surface area contributed by atoms with Crippen molar-refractivity contribution in [3.63, 3.8) is 0 Å². The summed E-state index contributed by atoms with van der Waals surface area (Å²) in [7, 11) is 0. The highest BCUT2D eigenvalue weighted by Crippen LogP contribution is 2.26. The highest BCUT2D eigenvalue weighted by molar-refractivity contribution is 8.02. The maximum Gasteiger partial charge on any atom is 0.123 e. The lowest BCUT2D eigenvalue weighted by molar-refractivity contribution is 0.626. The van der Waals surface area contributed by atoms with Crippen LogP contribution >= 0.6 is 34.7 Å². The van der Waals surface area contributed by atoms with Crippen molar-refractivity contribution in [2.24, 2.45) is 4.99 Å². The third-order valence-corrected chi connectivity index (χ3v) is 5.42. The van der Waals surface area contributed by atoms with Crippen LogP contribution in [0.4, 0.5) is 10.1 Å². The molecule has 0 spiro atoms. The zero-order valence-corrected chi connectivity index (χ0v) is 15.8. The molecule has 25 heavy (non-hydrogen) atoms. The van der Waals surface area contributed by atoms with Crippen molar-refractivity contribution in [3.05, 3.63) is 92.7 Å². The van der Waals surface area contributed by atoms with Crippen molar-refractivity contribution in [2.45, 2.75) is 11.8 Å². The number of aliphatic imine (C=N–C) groups is 1. The maximum absolute atomic E-state index is 13.0. The van der Waals surface area contributed by atoms with E-state index in [4.69, 9.17) is 16.6 Å². The van der Waals surface area contributed by atoms with E-state index in [0.717, 1.165) is 25.5 Å². The summed E-state index contributed by atoms with van der Waals surface area (Å²) in [5.74, 6) is -0.233. The van der Waals surface area contributed by atoms with Gasteiger partial charge < -0.3 is 0 Å². The highest BCUT2D eigenvalue weighted by Gasteiger charge is 2.05. The van der Waals surface area contributed by atoms with Gasteiger partial charge in [-0.15, -0.1) is 11.3 Å². The Morgan fingerprint density at radius 3 is 2.40 bits per heavy atom. The number of hydrogen-bond acceptors (Lipinski definition) is 3. The molecule has 126 valence electrons. The van der Waals surface area contributed by atoms with Gasteiger partial charge in [-0.1, -0.05) is 41.1 Å². The summed E-state index contributed by atoms with van der Waals surface area (Å²) in [4.78, 5) is 6.71. The smallest absolute Gasteiger partial charge is 0.123 e. The fourth-order valence-corrected chi connectivity index (χ4v) is 3.74. The molecule has 0 atom stereocenters. The molecule has 0 saturated carbocycles. The van der Waals surface area contributed by atoms with Crippen molar-refractivity contribution in [1.82, 2.24) is 0 Å². The molecule has 0 saturated heterocycles. The number of thioether (sulfide) groups is 1. The van der Waals surface area contributed by atoms with E-state index in [0.29, 0.717) is 0 Å². The Morgan fingerprint density at radius 2 is 1.76 bits per heavy atom. The predicted molar refractivity (Wildman–Crippen MR) is 108 cm³/mol. The van der Waals surface area contributed by atoms with Crippen molar-refractivity contribution in [2.75, 3.05) is 0 Å². The largest absolute Gasteiger partial charge is 0.248 e. The quantitative estimate of drug-likeness (QED) is 0.331. The first-order valence-electron chi connectivity index (χ1n) is 7.60. The summed E-state index contributed by atoms with van der Waals surface area (Å²) in [6, 6.07) is 18.3. The van der Waals surface area contributed by atoms with Crippen LogP contribution in [0.2, 0.25) is 4.34 Å². The Hall–Kier alpha value is -1.88. The second-order valence-electron chi connectivity index (χ2n) is 5.31. The van der Waals surface area contributed by atoms with Crippen LogP contribution in [-0.2, 0) is 0 Å². The van der Waals surface area contributed by atoms with Gasteiger partial charge >= 0.3 is 0 Å². The molecule has 3 rings (SSSR count). The summed E-state index contributed by atoms with van der Waals surface area (Å²) in [6.07, 6.45) is 1.95. The molecule has 1 heterocycles. The van der Waals surface area contributed by atoms with E-state index in [2.05, 4.69) is 0 Å². The molecule has 1 nitrogen and oxygen atoms in total. The Balaban J connectivity index is 1.84. The fourth-order valence-electron chi connectivity index (χ4n) is 2.08. The van der Waals surface area contributed by atoms with Crippen LogP contribution in [0.1, 0.15) is 10.4 Å². The number of rotatable bonds is 5. The molecule has 0 aliphatic heterocycles. The van der Waals surface area contributed by atoms with Gasteiger partial charge in [0.15, 0.2) is 0 Å². The first kappa shape index (κ1) is 17.9. The lowest BCUT2D eigenvalue weighted by Gasteiger charge is -2.01. The zero-order valence-electron chi connectivity index (χ0n) is 13.4. The van der Waals surface area contributed by atoms with Gasteiger partial charge in [-0.05, 0) is 66.9 Å². The molecule has 2 aromatic carbocycles. The number of hydrogen-bond donors (Lipinski definition) is 0. The number of benzene rings is 2. The average molecular weight is 388 g/mol. The standard InChI is InChI=1S/C20H15ClFNS2/c1-14-2-6-16(7-3-14)23-18(19-10-11-20(21)25-19)12-13-24-17-8-4-15(22)5-9-17/h2-13H,1H3/b13-12+,23-18-. The molecule has 0 bridgehead atoms. The lowest BCUT2D eigenvalue weighted by Crippen LogP contribution is -1.92. The van der Waals surface area contributed by atoms with Crippen LogP contribution in [0.5, 0.6) is 0 Å². The highest BCUT2D eigenvalue weighted by atomic mass is 35.5. The van der Waals surface area contributed by atoms with Crippen LogP contribution in [0, 0.1) is 12.7 Å². The predicted octanol–water partition coefficient (Wildman–Crippen LogP) is 7.28. The van der Waals surface area contributed by atoms with Crippen molar-refractivity contribution >= 4 is 46.1 Å². The molecule has 1 aromatic heterocycles. The van der Waals surface area contributed by atoms with Crippen LogP contribution in [0.15, 0.2) is 82.0 Å². The Morgan fingerprint density at radius 1 is 1.04 bits per heavy atom. The minimum atomic E-state index is -0.233. The molecule has 0 N–H and O–H groups in total. The van der Waals surface area contributed by atoms with Gasteiger partial charge in [-0.25, -0.2) is 9.38 Å². The van der Waals surface area contributed by atoms with Gasteiger partial charge in [-0.3, -0.25) is 0 Å². The second-order valence-corrected chi connectivity index (χ2v) is 8.01. The third kappa shape index (κ3) is 5.30. The first-order chi connectivity index (χ1) is 12.1. The monoisotopic (exact) mass is 387 g/mol. The van der Waals surface area contributed by atoms with Gasteiger partial charge in [0.2, 0.25) is 0 Å². The van der Waals surface area contributed by atoms with E-state index in [1.807, 2.05) is 54.8 Å². The normalized spacial score (nSPS) is 12.0. The molecule has 5 heteroatoms. The lowest BCUT2D eigenvalue weighted by atomic mass is 10.2. The average Bonchev–Trinajstić information content (AvgIpc) is 3.04. The Bertz CT molecular complexity index is 896. The topological polar surface area (TPSA) is 12.4 Å². The number of thiophene rings is 1. The first-order valence-corrected chi connectivity index (χ1v) is 9.67. The van der Waals surface area contributed by atoms with Crippen LogP contribution in [0.25, 0.3) is 0 Å². The van der Waals surface area contributed by atoms with Gasteiger partial charge in [0.1, 0.15) is 5.82 Å². The maximum atomic E-state index is 13.0. The molecular weight excluding hydrogens is 373 g/mol. The van der Waals surface area contributed by atoms with Gasteiger partial charge in [0.05, 0.1) is 20.6 Å². The van der Waals surface area contributed by atoms with E-state index in [9.17, 15) is 4.39 Å². The zero-order chi connectivity index (χ0) is 17.6. The molecule has 0 amide bonds. The molecular formula is C20H15ClFNS2. The minimum Gasteiger partial charge on any atom is -0.248 e. The van der Waals surface area contributed by atoms with E-state index in [1.54, 1.807) is 12.1 Å². The van der Waals surface area contributed by atoms with E-state index in [-0.39, 0.29) is 5.82 Å². The van der Waals surface area contributed by atoms with E-state index in [1.165, 1.54) is 40.8 Å². The Kier molecular flexibility index (Phi) is 6.08. The third-order valence-electron chi connectivity index (χ3n) is 3.35. The molecule has 0 aliphatic rings. The van der Waals surface area contributed by atoms with Crippen molar-refractivity contribution in [1.29, 1.82) is 0 Å². The number of aryl methyl sites for hydroxylation is 1. The van der Waals surface area contributed by atoms with E-state index >= 15 is 0 Å². The Labute approximate surface area is 159 Å². The summed E-state index contributed by atoms with van der Waals surface area (Å²) in [5.41, 5.74) is 2.93. The number of allylic oxidation sites excluding steroid dienone is 1. The molecule has 0 radical (unpaired) electrons. The van der Waals surface area contributed by atoms with E-state index < -0.39 is 0 Å². The molecule has 0 fully saturated rings. The number of halogens is 2. The summed E-state index contributed by atoms with van der Waals surface area (Å²) >= 11 is 9.08. The molecule has 0 aliphatic carbocycles. The summed E-state index contributed by atoms with van der Waals surface area (Å²) in [6.45, 7) is 2.05. The second kappa shape index (κ2) is 8.48. The summed E-state index contributed by atoms with van der Waals surface area (Å²) < 4.78 is 13.7. The van der Waals surface area contributed by atoms with Crippen LogP contribution in [0.3, 0.4) is 0 Å². The molecule has 0 unspecified atom stereocenters. The fraction of sp³-hybridized carbons (Fsp3) is 0.0500. The van der Waals surface area contributed by atoms with Crippen molar-refractivity contribution in [3.8, 4) is 0 Å². The van der Waals surface area contributed by atoms with Crippen LogP contribution < -0.4 is 0 Å².